The standard InChI is InChI=1S/C18H22N2O4/c1-23-15-5-3-2-4-11(15)12-8-13(12)18(22)20-7-6-16-14(9-20)19-17(21)10-24-16/h2-5,12-14,16H,6-10H2,1H3,(H,19,21)/t12-,13+,14+,16+/m0/s1. The monoisotopic (exact) mass is 330 g/mol. The van der Waals surface area contributed by atoms with Crippen LogP contribution in [-0.2, 0) is 14.3 Å². The number of piperidine rings is 1. The van der Waals surface area contributed by atoms with Crippen molar-refractivity contribution < 1.29 is 19.1 Å². The summed E-state index contributed by atoms with van der Waals surface area (Å²) in [6, 6.07) is 7.83. The highest BCUT2D eigenvalue weighted by atomic mass is 16.5. The molecule has 2 heterocycles. The largest absolute Gasteiger partial charge is 0.496 e. The molecule has 1 aromatic rings. The third-order valence-corrected chi connectivity index (χ3v) is 5.28. The lowest BCUT2D eigenvalue weighted by Crippen LogP contribution is -2.61. The molecule has 6 heteroatoms. The van der Waals surface area contributed by atoms with E-state index in [4.69, 9.17) is 9.47 Å². The van der Waals surface area contributed by atoms with E-state index in [9.17, 15) is 9.59 Å². The van der Waals surface area contributed by atoms with E-state index in [1.54, 1.807) is 7.11 Å². The Morgan fingerprint density at radius 3 is 3.04 bits per heavy atom. The van der Waals surface area contributed by atoms with Gasteiger partial charge >= 0.3 is 0 Å². The summed E-state index contributed by atoms with van der Waals surface area (Å²) in [5.41, 5.74) is 1.11. The normalized spacial score (nSPS) is 31.9. The van der Waals surface area contributed by atoms with Crippen molar-refractivity contribution >= 4 is 11.8 Å². The van der Waals surface area contributed by atoms with Crippen LogP contribution in [0.3, 0.4) is 0 Å². The minimum absolute atomic E-state index is 0.0260. The van der Waals surface area contributed by atoms with E-state index in [0.29, 0.717) is 13.1 Å². The first-order valence-electron chi connectivity index (χ1n) is 8.50. The Morgan fingerprint density at radius 1 is 1.38 bits per heavy atom. The second kappa shape index (κ2) is 6.09. The van der Waals surface area contributed by atoms with Gasteiger partial charge in [-0.1, -0.05) is 18.2 Å². The van der Waals surface area contributed by atoms with E-state index in [0.717, 1.165) is 24.2 Å². The van der Waals surface area contributed by atoms with E-state index in [1.807, 2.05) is 29.2 Å². The number of hydrogen-bond donors (Lipinski definition) is 1. The van der Waals surface area contributed by atoms with Gasteiger partial charge in [0.25, 0.3) is 0 Å². The minimum Gasteiger partial charge on any atom is -0.496 e. The molecule has 0 radical (unpaired) electrons. The second-order valence-corrected chi connectivity index (χ2v) is 6.79. The van der Waals surface area contributed by atoms with Crippen LogP contribution in [0.2, 0.25) is 0 Å². The number of amides is 2. The van der Waals surface area contributed by atoms with Crippen LogP contribution in [0.25, 0.3) is 0 Å². The maximum atomic E-state index is 12.8. The first-order chi connectivity index (χ1) is 11.7. The fourth-order valence-corrected chi connectivity index (χ4v) is 3.92. The van der Waals surface area contributed by atoms with Crippen molar-refractivity contribution in [1.82, 2.24) is 10.2 Å². The van der Waals surface area contributed by atoms with Gasteiger partial charge in [0.1, 0.15) is 12.4 Å². The number of methoxy groups -OCH3 is 1. The van der Waals surface area contributed by atoms with Gasteiger partial charge in [-0.25, -0.2) is 0 Å². The van der Waals surface area contributed by atoms with Gasteiger partial charge in [-0.2, -0.15) is 0 Å². The number of carbonyl (C=O) groups is 2. The summed E-state index contributed by atoms with van der Waals surface area (Å²) in [6.07, 6.45) is 1.69. The van der Waals surface area contributed by atoms with Crippen LogP contribution >= 0.6 is 0 Å². The molecule has 6 nitrogen and oxygen atoms in total. The first kappa shape index (κ1) is 15.4. The molecular weight excluding hydrogens is 308 g/mol. The van der Waals surface area contributed by atoms with Gasteiger partial charge in [-0.15, -0.1) is 0 Å². The molecule has 0 bridgehead atoms. The van der Waals surface area contributed by atoms with Crippen LogP contribution in [0.15, 0.2) is 24.3 Å². The minimum atomic E-state index is -0.0936. The quantitative estimate of drug-likeness (QED) is 0.895. The van der Waals surface area contributed by atoms with Crippen LogP contribution in [-0.4, -0.2) is 55.7 Å². The molecular formula is C18H22N2O4. The third-order valence-electron chi connectivity index (χ3n) is 5.28. The molecule has 4 atom stereocenters. The molecule has 1 saturated carbocycles. The molecule has 24 heavy (non-hydrogen) atoms. The van der Waals surface area contributed by atoms with E-state index >= 15 is 0 Å². The average Bonchev–Trinajstić information content (AvgIpc) is 3.41. The molecule has 0 spiro atoms. The predicted octanol–water partition coefficient (Wildman–Crippen LogP) is 0.915. The Bertz CT molecular complexity index is 662. The zero-order valence-electron chi connectivity index (χ0n) is 13.7. The lowest BCUT2D eigenvalue weighted by molar-refractivity contribution is -0.147. The lowest BCUT2D eigenvalue weighted by Gasteiger charge is -2.41. The number of likely N-dealkylation sites (tertiary alicyclic amines) is 1. The van der Waals surface area contributed by atoms with Gasteiger partial charge in [0.15, 0.2) is 0 Å². The topological polar surface area (TPSA) is 67.9 Å². The van der Waals surface area contributed by atoms with E-state index in [-0.39, 0.29) is 42.4 Å². The summed E-state index contributed by atoms with van der Waals surface area (Å²) in [7, 11) is 1.66. The molecule has 1 aromatic carbocycles. The number of ether oxygens (including phenoxy) is 2. The summed E-state index contributed by atoms with van der Waals surface area (Å²) in [4.78, 5) is 26.2. The fraction of sp³-hybridized carbons (Fsp3) is 0.556. The van der Waals surface area contributed by atoms with Crippen molar-refractivity contribution in [2.24, 2.45) is 5.92 Å². The van der Waals surface area contributed by atoms with Crippen molar-refractivity contribution in [3.8, 4) is 5.75 Å². The van der Waals surface area contributed by atoms with Crippen LogP contribution in [0, 0.1) is 5.92 Å². The molecule has 3 aliphatic rings. The molecule has 3 fully saturated rings. The number of para-hydroxylation sites is 1. The van der Waals surface area contributed by atoms with Crippen LogP contribution in [0.4, 0.5) is 0 Å². The van der Waals surface area contributed by atoms with Gasteiger partial charge in [0.2, 0.25) is 11.8 Å². The third kappa shape index (κ3) is 2.75. The molecule has 2 aliphatic heterocycles. The van der Waals surface area contributed by atoms with E-state index in [1.165, 1.54) is 0 Å². The highest BCUT2D eigenvalue weighted by Crippen LogP contribution is 2.51. The maximum absolute atomic E-state index is 12.8. The number of fused-ring (bicyclic) bond motifs is 1. The molecule has 4 rings (SSSR count). The number of rotatable bonds is 3. The van der Waals surface area contributed by atoms with Gasteiger partial charge in [0, 0.05) is 19.0 Å². The average molecular weight is 330 g/mol. The van der Waals surface area contributed by atoms with E-state index < -0.39 is 0 Å². The molecule has 2 saturated heterocycles. The SMILES string of the molecule is COc1ccccc1[C@@H]1C[C@H]1C(=O)N1CC[C@H]2OCC(=O)N[C@@H]2C1. The number of hydrogen-bond acceptors (Lipinski definition) is 4. The number of nitrogens with one attached hydrogen (secondary N) is 1. The Morgan fingerprint density at radius 2 is 2.21 bits per heavy atom. The Hall–Kier alpha value is -2.08. The maximum Gasteiger partial charge on any atom is 0.246 e. The van der Waals surface area contributed by atoms with E-state index in [2.05, 4.69) is 5.32 Å². The number of carbonyl (C=O) groups excluding carboxylic acids is 2. The number of morpholine rings is 1. The predicted molar refractivity (Wildman–Crippen MR) is 86.7 cm³/mol. The molecule has 0 unspecified atom stereocenters. The Balaban J connectivity index is 1.41. The van der Waals surface area contributed by atoms with Crippen LogP contribution in [0.1, 0.15) is 24.3 Å². The molecule has 1 aliphatic carbocycles. The molecule has 2 amide bonds. The van der Waals surface area contributed by atoms with Crippen molar-refractivity contribution in [1.29, 1.82) is 0 Å². The fourth-order valence-electron chi connectivity index (χ4n) is 3.92. The van der Waals surface area contributed by atoms with Gasteiger partial charge in [-0.3, -0.25) is 9.59 Å². The summed E-state index contributed by atoms with van der Waals surface area (Å²) in [5, 5.41) is 2.95. The second-order valence-electron chi connectivity index (χ2n) is 6.79. The Labute approximate surface area is 141 Å². The smallest absolute Gasteiger partial charge is 0.246 e. The van der Waals surface area contributed by atoms with Crippen LogP contribution < -0.4 is 10.1 Å². The highest BCUT2D eigenvalue weighted by Gasteiger charge is 2.48. The molecule has 0 aromatic heterocycles. The summed E-state index contributed by atoms with van der Waals surface area (Å²) in [6.45, 7) is 1.38. The van der Waals surface area contributed by atoms with Crippen molar-refractivity contribution in [3.05, 3.63) is 29.8 Å². The number of benzene rings is 1. The van der Waals surface area contributed by atoms with Crippen molar-refractivity contribution in [2.75, 3.05) is 26.8 Å². The highest BCUT2D eigenvalue weighted by molar-refractivity contribution is 5.84. The Kier molecular flexibility index (Phi) is 3.92. The summed E-state index contributed by atoms with van der Waals surface area (Å²) < 4.78 is 11.0. The zero-order valence-corrected chi connectivity index (χ0v) is 13.7. The molecule has 128 valence electrons. The zero-order chi connectivity index (χ0) is 16.7. The number of nitrogens with zero attached hydrogens (tertiary/aromatic N) is 1. The lowest BCUT2D eigenvalue weighted by atomic mass is 9.99. The van der Waals surface area contributed by atoms with Crippen molar-refractivity contribution in [2.45, 2.75) is 30.9 Å². The summed E-state index contributed by atoms with van der Waals surface area (Å²) in [5.74, 6) is 1.21. The van der Waals surface area contributed by atoms with Crippen molar-refractivity contribution in [3.63, 3.8) is 0 Å². The summed E-state index contributed by atoms with van der Waals surface area (Å²) >= 11 is 0. The van der Waals surface area contributed by atoms with Gasteiger partial charge in [0.05, 0.1) is 19.3 Å². The van der Waals surface area contributed by atoms with Crippen LogP contribution in [0.5, 0.6) is 5.75 Å². The molecule has 1 N–H and O–H groups in total. The van der Waals surface area contributed by atoms with Gasteiger partial charge in [-0.05, 0) is 30.4 Å². The van der Waals surface area contributed by atoms with Gasteiger partial charge < -0.3 is 19.7 Å². The first-order valence-corrected chi connectivity index (χ1v) is 8.50.